The summed E-state index contributed by atoms with van der Waals surface area (Å²) in [5, 5.41) is 3.41. The molecule has 3 aromatic carbocycles. The Labute approximate surface area is 254 Å². The van der Waals surface area contributed by atoms with Crippen molar-refractivity contribution in [2.24, 2.45) is 0 Å². The van der Waals surface area contributed by atoms with Gasteiger partial charge in [-0.3, -0.25) is 15.0 Å². The largest absolute Gasteiger partial charge is 0.265 e. The Balaban J connectivity index is 1.24. The summed E-state index contributed by atoms with van der Waals surface area (Å²) in [4.78, 5) is 23.2. The molecular formula is C39H25N5. The van der Waals surface area contributed by atoms with E-state index < -0.39 is 0 Å². The summed E-state index contributed by atoms with van der Waals surface area (Å²) in [6.45, 7) is 0. The molecule has 0 saturated heterocycles. The Kier molecular flexibility index (Phi) is 6.39. The van der Waals surface area contributed by atoms with Crippen LogP contribution in [0.25, 0.3) is 77.8 Å². The van der Waals surface area contributed by atoms with Crippen molar-refractivity contribution in [3.05, 3.63) is 152 Å². The molecule has 5 heterocycles. The number of pyridine rings is 5. The lowest BCUT2D eigenvalue weighted by atomic mass is 9.96. The first kappa shape index (κ1) is 25.6. The van der Waals surface area contributed by atoms with Gasteiger partial charge < -0.3 is 0 Å². The lowest BCUT2D eigenvalue weighted by molar-refractivity contribution is 1.27. The van der Waals surface area contributed by atoms with Crippen LogP contribution in [0, 0.1) is 0 Å². The van der Waals surface area contributed by atoms with E-state index in [2.05, 4.69) is 101 Å². The molecule has 0 amide bonds. The van der Waals surface area contributed by atoms with Crippen molar-refractivity contribution in [1.29, 1.82) is 0 Å². The molecule has 206 valence electrons. The number of rotatable bonds is 5. The van der Waals surface area contributed by atoms with Crippen LogP contribution in [-0.2, 0) is 0 Å². The Hall–Kier alpha value is -6.07. The van der Waals surface area contributed by atoms with Crippen LogP contribution < -0.4 is 0 Å². The van der Waals surface area contributed by atoms with Gasteiger partial charge in [0.25, 0.3) is 0 Å². The number of hydrogen-bond donors (Lipinski definition) is 0. The fraction of sp³-hybridized carbons (Fsp3) is 0. The highest BCUT2D eigenvalue weighted by atomic mass is 14.8. The van der Waals surface area contributed by atoms with E-state index in [4.69, 9.17) is 15.0 Å². The van der Waals surface area contributed by atoms with Crippen molar-refractivity contribution in [2.45, 2.75) is 0 Å². The minimum atomic E-state index is 0.846. The maximum Gasteiger partial charge on any atom is 0.0972 e. The van der Waals surface area contributed by atoms with Crippen molar-refractivity contribution in [3.63, 3.8) is 0 Å². The Morgan fingerprint density at radius 2 is 0.886 bits per heavy atom. The number of hydrogen-bond acceptors (Lipinski definition) is 5. The summed E-state index contributed by atoms with van der Waals surface area (Å²) in [6, 6.07) is 41.8. The quantitative estimate of drug-likeness (QED) is 0.195. The molecule has 5 aromatic heterocycles. The van der Waals surface area contributed by atoms with Crippen LogP contribution in [0.4, 0.5) is 0 Å². The third kappa shape index (κ3) is 4.76. The first-order valence-electron chi connectivity index (χ1n) is 14.5. The molecule has 0 bridgehead atoms. The third-order valence-corrected chi connectivity index (χ3v) is 7.92. The van der Waals surface area contributed by atoms with E-state index in [0.29, 0.717) is 0 Å². The second kappa shape index (κ2) is 11.0. The molecule has 0 fully saturated rings. The molecule has 8 rings (SSSR count). The van der Waals surface area contributed by atoms with Gasteiger partial charge in [0, 0.05) is 52.9 Å². The SMILES string of the molecule is c1cc(-c2cc(-c3ccncc3)nc(-c3ccncc3)c2)cc(-c2ccnc(-c3nc4ccccc4c4ccccc34)c2)c1. The molecule has 8 aromatic rings. The number of nitrogens with zero attached hydrogens (tertiary/aromatic N) is 5. The van der Waals surface area contributed by atoms with Crippen LogP contribution in [0.15, 0.2) is 152 Å². The zero-order chi connectivity index (χ0) is 29.3. The molecule has 0 aliphatic carbocycles. The Bertz CT molecular complexity index is 2220. The smallest absolute Gasteiger partial charge is 0.0972 e. The lowest BCUT2D eigenvalue weighted by Crippen LogP contribution is -1.93. The van der Waals surface area contributed by atoms with Crippen LogP contribution >= 0.6 is 0 Å². The fourth-order valence-electron chi connectivity index (χ4n) is 5.76. The standard InChI is InChI=1S/C39H25N5/c1-2-10-34-32(8-1)33-9-3-4-11-35(33)44-39(34)38-23-30(16-21-42-38)28-6-5-7-29(22-28)31-24-36(26-12-17-40-18-13-26)43-37(25-31)27-14-19-41-20-15-27/h1-25H. The van der Waals surface area contributed by atoms with Crippen LogP contribution in [0.2, 0.25) is 0 Å². The minimum absolute atomic E-state index is 0.846. The van der Waals surface area contributed by atoms with Gasteiger partial charge >= 0.3 is 0 Å². The molecule has 0 spiro atoms. The van der Waals surface area contributed by atoms with E-state index in [1.54, 1.807) is 24.8 Å². The van der Waals surface area contributed by atoms with Gasteiger partial charge in [0.05, 0.1) is 28.3 Å². The maximum absolute atomic E-state index is 5.07. The van der Waals surface area contributed by atoms with Gasteiger partial charge in [-0.1, -0.05) is 60.7 Å². The number of fused-ring (bicyclic) bond motifs is 3. The normalized spacial score (nSPS) is 11.2. The van der Waals surface area contributed by atoms with Crippen molar-refractivity contribution in [1.82, 2.24) is 24.9 Å². The lowest BCUT2D eigenvalue weighted by Gasteiger charge is -2.12. The average molecular weight is 564 g/mol. The summed E-state index contributed by atoms with van der Waals surface area (Å²) in [7, 11) is 0. The third-order valence-electron chi connectivity index (χ3n) is 7.92. The summed E-state index contributed by atoms with van der Waals surface area (Å²) >= 11 is 0. The van der Waals surface area contributed by atoms with E-state index in [0.717, 1.165) is 72.4 Å². The van der Waals surface area contributed by atoms with Gasteiger partial charge in [-0.2, -0.15) is 0 Å². The summed E-state index contributed by atoms with van der Waals surface area (Å²) in [6.07, 6.45) is 9.06. The molecule has 0 saturated carbocycles. The zero-order valence-corrected chi connectivity index (χ0v) is 23.7. The second-order valence-electron chi connectivity index (χ2n) is 10.6. The van der Waals surface area contributed by atoms with Gasteiger partial charge in [-0.05, 0) is 88.3 Å². The minimum Gasteiger partial charge on any atom is -0.265 e. The fourth-order valence-corrected chi connectivity index (χ4v) is 5.76. The number of para-hydroxylation sites is 1. The Morgan fingerprint density at radius 3 is 1.59 bits per heavy atom. The molecule has 0 aliphatic heterocycles. The van der Waals surface area contributed by atoms with E-state index >= 15 is 0 Å². The highest BCUT2D eigenvalue weighted by Crippen LogP contribution is 2.35. The second-order valence-corrected chi connectivity index (χ2v) is 10.6. The number of aromatic nitrogens is 5. The van der Waals surface area contributed by atoms with Crippen LogP contribution in [0.3, 0.4) is 0 Å². The average Bonchev–Trinajstić information content (AvgIpc) is 3.12. The Morgan fingerprint density at radius 1 is 0.341 bits per heavy atom. The van der Waals surface area contributed by atoms with Crippen molar-refractivity contribution < 1.29 is 0 Å². The highest BCUT2D eigenvalue weighted by Gasteiger charge is 2.13. The highest BCUT2D eigenvalue weighted by molar-refractivity contribution is 6.10. The van der Waals surface area contributed by atoms with Crippen LogP contribution in [0.1, 0.15) is 0 Å². The van der Waals surface area contributed by atoms with E-state index in [1.165, 1.54) is 5.39 Å². The molecule has 0 unspecified atom stereocenters. The topological polar surface area (TPSA) is 64.5 Å². The molecule has 5 heteroatoms. The molecule has 0 aliphatic rings. The summed E-state index contributed by atoms with van der Waals surface area (Å²) < 4.78 is 0. The molecule has 44 heavy (non-hydrogen) atoms. The molecule has 0 radical (unpaired) electrons. The predicted molar refractivity (Wildman–Crippen MR) is 178 cm³/mol. The predicted octanol–water partition coefficient (Wildman–Crippen LogP) is 9.30. The van der Waals surface area contributed by atoms with Crippen molar-refractivity contribution in [3.8, 4) is 56.2 Å². The van der Waals surface area contributed by atoms with Gasteiger partial charge in [0.2, 0.25) is 0 Å². The van der Waals surface area contributed by atoms with E-state index in [1.807, 2.05) is 36.5 Å². The van der Waals surface area contributed by atoms with Gasteiger partial charge in [-0.25, -0.2) is 9.97 Å². The summed E-state index contributed by atoms with van der Waals surface area (Å²) in [5.74, 6) is 0. The van der Waals surface area contributed by atoms with Gasteiger partial charge in [0.15, 0.2) is 0 Å². The van der Waals surface area contributed by atoms with E-state index in [-0.39, 0.29) is 0 Å². The van der Waals surface area contributed by atoms with Crippen molar-refractivity contribution >= 4 is 21.7 Å². The molecule has 0 N–H and O–H groups in total. The zero-order valence-electron chi connectivity index (χ0n) is 23.7. The molecule has 0 atom stereocenters. The van der Waals surface area contributed by atoms with Crippen molar-refractivity contribution in [2.75, 3.05) is 0 Å². The van der Waals surface area contributed by atoms with Crippen LogP contribution in [-0.4, -0.2) is 24.9 Å². The summed E-state index contributed by atoms with van der Waals surface area (Å²) in [5.41, 5.74) is 10.9. The molecule has 5 nitrogen and oxygen atoms in total. The van der Waals surface area contributed by atoms with Crippen LogP contribution in [0.5, 0.6) is 0 Å². The van der Waals surface area contributed by atoms with Gasteiger partial charge in [0.1, 0.15) is 0 Å². The monoisotopic (exact) mass is 563 g/mol. The van der Waals surface area contributed by atoms with E-state index in [9.17, 15) is 0 Å². The first-order valence-corrected chi connectivity index (χ1v) is 14.5. The maximum atomic E-state index is 5.07. The first-order chi connectivity index (χ1) is 21.8. The molecular weight excluding hydrogens is 538 g/mol. The number of benzene rings is 3. The van der Waals surface area contributed by atoms with Gasteiger partial charge in [-0.15, -0.1) is 0 Å².